The van der Waals surface area contributed by atoms with E-state index in [2.05, 4.69) is 0 Å². The quantitative estimate of drug-likeness (QED) is 0.816. The minimum atomic E-state index is -4.38. The van der Waals surface area contributed by atoms with E-state index in [9.17, 15) is 21.6 Å². The highest BCUT2D eigenvalue weighted by Crippen LogP contribution is 2.19. The van der Waals surface area contributed by atoms with Gasteiger partial charge in [0.25, 0.3) is 0 Å². The van der Waals surface area contributed by atoms with Crippen molar-refractivity contribution in [1.82, 2.24) is 4.72 Å². The van der Waals surface area contributed by atoms with E-state index in [0.717, 1.165) is 0 Å². The number of hydrogen-bond acceptors (Lipinski definition) is 3. The summed E-state index contributed by atoms with van der Waals surface area (Å²) in [6.45, 7) is -0.0553. The number of unbranched alkanes of at least 4 members (excludes halogenated alkanes) is 2. The van der Waals surface area contributed by atoms with Gasteiger partial charge in [0, 0.05) is 25.1 Å². The third kappa shape index (κ3) is 4.22. The first kappa shape index (κ1) is 15.5. The molecule has 0 aliphatic rings. The predicted molar refractivity (Wildman–Crippen MR) is 61.0 cm³/mol. The maximum Gasteiger partial charge on any atom is 0.246 e. The van der Waals surface area contributed by atoms with Crippen LogP contribution in [0, 0.1) is 28.8 Å². The summed E-state index contributed by atoms with van der Waals surface area (Å²) < 4.78 is 64.5. The molecule has 104 valence electrons. The highest BCUT2D eigenvalue weighted by atomic mass is 32.2. The number of benzene rings is 1. The van der Waals surface area contributed by atoms with Gasteiger partial charge in [-0.15, -0.1) is 0 Å². The molecule has 0 aliphatic carbocycles. The van der Waals surface area contributed by atoms with E-state index in [-0.39, 0.29) is 13.0 Å². The zero-order valence-corrected chi connectivity index (χ0v) is 10.6. The maximum atomic E-state index is 13.3. The molecule has 0 radical (unpaired) electrons. The number of halogens is 3. The van der Waals surface area contributed by atoms with Crippen molar-refractivity contribution in [3.05, 3.63) is 29.6 Å². The molecule has 0 aromatic heterocycles. The molecule has 1 rings (SSSR count). The second kappa shape index (κ2) is 6.54. The van der Waals surface area contributed by atoms with Crippen LogP contribution in [0.15, 0.2) is 17.0 Å². The van der Waals surface area contributed by atoms with Crippen molar-refractivity contribution >= 4 is 10.0 Å². The topological polar surface area (TPSA) is 70.0 Å². The van der Waals surface area contributed by atoms with Crippen LogP contribution < -0.4 is 4.72 Å². The maximum absolute atomic E-state index is 13.3. The van der Waals surface area contributed by atoms with E-state index in [4.69, 9.17) is 5.26 Å². The Bertz CT molecular complexity index is 573. The van der Waals surface area contributed by atoms with Crippen molar-refractivity contribution < 1.29 is 21.6 Å². The molecular formula is C11H11F3N2O2S. The van der Waals surface area contributed by atoms with E-state index >= 15 is 0 Å². The molecule has 19 heavy (non-hydrogen) atoms. The minimum Gasteiger partial charge on any atom is -0.211 e. The molecule has 8 heteroatoms. The Morgan fingerprint density at radius 3 is 2.26 bits per heavy atom. The largest absolute Gasteiger partial charge is 0.246 e. The molecule has 0 unspecified atom stereocenters. The highest BCUT2D eigenvalue weighted by molar-refractivity contribution is 7.89. The van der Waals surface area contributed by atoms with Crippen LogP contribution in [-0.4, -0.2) is 15.0 Å². The third-order valence-electron chi connectivity index (χ3n) is 2.24. The summed E-state index contributed by atoms with van der Waals surface area (Å²) in [6.07, 6.45) is 1.09. The first-order valence-corrected chi connectivity index (χ1v) is 6.88. The van der Waals surface area contributed by atoms with Crippen LogP contribution in [-0.2, 0) is 10.0 Å². The van der Waals surface area contributed by atoms with Gasteiger partial charge < -0.3 is 0 Å². The summed E-state index contributed by atoms with van der Waals surface area (Å²) in [6, 6.07) is 2.48. The van der Waals surface area contributed by atoms with Gasteiger partial charge in [0.15, 0.2) is 4.90 Å². The lowest BCUT2D eigenvalue weighted by molar-refractivity contribution is 0.493. The number of sulfonamides is 1. The van der Waals surface area contributed by atoms with Crippen LogP contribution in [0.1, 0.15) is 19.3 Å². The van der Waals surface area contributed by atoms with Crippen LogP contribution in [0.5, 0.6) is 0 Å². The second-order valence-electron chi connectivity index (χ2n) is 3.71. The Balaban J connectivity index is 2.81. The lowest BCUT2D eigenvalue weighted by Gasteiger charge is -2.08. The van der Waals surface area contributed by atoms with Gasteiger partial charge in [-0.25, -0.2) is 26.3 Å². The molecular weight excluding hydrogens is 281 g/mol. The van der Waals surface area contributed by atoms with Crippen molar-refractivity contribution in [3.8, 4) is 6.07 Å². The fourth-order valence-electron chi connectivity index (χ4n) is 1.39. The molecule has 1 N–H and O–H groups in total. The smallest absolute Gasteiger partial charge is 0.211 e. The zero-order chi connectivity index (χ0) is 14.5. The van der Waals surface area contributed by atoms with Crippen molar-refractivity contribution in [3.63, 3.8) is 0 Å². The van der Waals surface area contributed by atoms with Crippen LogP contribution >= 0.6 is 0 Å². The summed E-state index contributed by atoms with van der Waals surface area (Å²) in [4.78, 5) is -1.20. The van der Waals surface area contributed by atoms with Crippen molar-refractivity contribution in [1.29, 1.82) is 5.26 Å². The molecule has 0 amide bonds. The van der Waals surface area contributed by atoms with Gasteiger partial charge in [0.1, 0.15) is 17.5 Å². The molecule has 0 spiro atoms. The molecule has 1 aromatic rings. The zero-order valence-electron chi connectivity index (χ0n) is 9.79. The third-order valence-corrected chi connectivity index (χ3v) is 3.75. The molecule has 0 fully saturated rings. The first-order valence-electron chi connectivity index (χ1n) is 5.39. The average Bonchev–Trinajstić information content (AvgIpc) is 2.26. The van der Waals surface area contributed by atoms with Gasteiger partial charge in [-0.1, -0.05) is 0 Å². The van der Waals surface area contributed by atoms with E-state index in [1.807, 2.05) is 10.8 Å². The normalized spacial score (nSPS) is 11.3. The number of hydrogen-bond donors (Lipinski definition) is 1. The molecule has 0 atom stereocenters. The summed E-state index contributed by atoms with van der Waals surface area (Å²) in [5.74, 6) is -4.16. The lowest BCUT2D eigenvalue weighted by atomic mass is 10.2. The van der Waals surface area contributed by atoms with Crippen LogP contribution in [0.4, 0.5) is 13.2 Å². The van der Waals surface area contributed by atoms with Gasteiger partial charge in [-0.05, 0) is 12.8 Å². The standard InChI is InChI=1S/C11H11F3N2O2S/c12-8-6-9(13)11(10(14)7-8)19(17,18)16-5-3-1-2-4-15/h6-7,16H,1-3,5H2. The average molecular weight is 292 g/mol. The van der Waals surface area contributed by atoms with E-state index in [1.165, 1.54) is 0 Å². The molecule has 0 aliphatic heterocycles. The highest BCUT2D eigenvalue weighted by Gasteiger charge is 2.24. The van der Waals surface area contributed by atoms with Gasteiger partial charge in [0.05, 0.1) is 6.07 Å². The van der Waals surface area contributed by atoms with E-state index in [1.54, 1.807) is 0 Å². The van der Waals surface area contributed by atoms with Crippen LogP contribution in [0.25, 0.3) is 0 Å². The van der Waals surface area contributed by atoms with Crippen molar-refractivity contribution in [2.45, 2.75) is 24.2 Å². The van der Waals surface area contributed by atoms with E-state index < -0.39 is 32.4 Å². The fraction of sp³-hybridized carbons (Fsp3) is 0.364. The number of rotatable bonds is 6. The Morgan fingerprint density at radius 1 is 1.16 bits per heavy atom. The second-order valence-corrected chi connectivity index (χ2v) is 5.42. The molecule has 0 saturated heterocycles. The SMILES string of the molecule is N#CCCCCNS(=O)(=O)c1c(F)cc(F)cc1F. The Kier molecular flexibility index (Phi) is 5.32. The van der Waals surface area contributed by atoms with Gasteiger partial charge in [-0.2, -0.15) is 5.26 Å². The Hall–Kier alpha value is -1.59. The summed E-state index contributed by atoms with van der Waals surface area (Å²) in [7, 11) is -4.38. The Labute approximate surface area is 108 Å². The summed E-state index contributed by atoms with van der Waals surface area (Å²) in [5, 5.41) is 8.28. The fourth-order valence-corrected chi connectivity index (χ4v) is 2.58. The predicted octanol–water partition coefficient (Wildman–Crippen LogP) is 2.08. The van der Waals surface area contributed by atoms with Crippen LogP contribution in [0.3, 0.4) is 0 Å². The Morgan fingerprint density at radius 2 is 1.74 bits per heavy atom. The molecule has 1 aromatic carbocycles. The van der Waals surface area contributed by atoms with Gasteiger partial charge in [-0.3, -0.25) is 0 Å². The lowest BCUT2D eigenvalue weighted by Crippen LogP contribution is -2.26. The molecule has 0 saturated carbocycles. The number of nitrogens with one attached hydrogen (secondary N) is 1. The molecule has 0 bridgehead atoms. The molecule has 4 nitrogen and oxygen atoms in total. The minimum absolute atomic E-state index is 0.0553. The molecule has 0 heterocycles. The number of nitrogens with zero attached hydrogens (tertiary/aromatic N) is 1. The first-order chi connectivity index (χ1) is 8.88. The van der Waals surface area contributed by atoms with Crippen molar-refractivity contribution in [2.75, 3.05) is 6.54 Å². The summed E-state index contributed by atoms with van der Waals surface area (Å²) in [5.41, 5.74) is 0. The monoisotopic (exact) mass is 292 g/mol. The van der Waals surface area contributed by atoms with Gasteiger partial charge in [0.2, 0.25) is 10.0 Å². The summed E-state index contributed by atoms with van der Waals surface area (Å²) >= 11 is 0. The number of nitriles is 1. The van der Waals surface area contributed by atoms with Crippen molar-refractivity contribution in [2.24, 2.45) is 0 Å². The van der Waals surface area contributed by atoms with E-state index in [0.29, 0.717) is 25.0 Å². The van der Waals surface area contributed by atoms with Gasteiger partial charge >= 0.3 is 0 Å². The van der Waals surface area contributed by atoms with Crippen LogP contribution in [0.2, 0.25) is 0 Å².